The second kappa shape index (κ2) is 3.57. The highest BCUT2D eigenvalue weighted by Crippen LogP contribution is 2.50. The summed E-state index contributed by atoms with van der Waals surface area (Å²) in [5.74, 6) is -0.385. The normalized spacial score (nSPS) is 16.9. The summed E-state index contributed by atoms with van der Waals surface area (Å²) in [6.45, 7) is -0.145. The minimum atomic E-state index is -0.711. The maximum absolute atomic E-state index is 13.5. The molecule has 78 valence electrons. The molecule has 0 atom stereocenters. The molecule has 1 aromatic rings. The Morgan fingerprint density at radius 1 is 1.53 bits per heavy atom. The van der Waals surface area contributed by atoms with Gasteiger partial charge in [0.1, 0.15) is 11.4 Å². The zero-order valence-corrected chi connectivity index (χ0v) is 8.03. The zero-order chi connectivity index (χ0) is 10.9. The molecule has 1 saturated carbocycles. The molecule has 0 aromatic heterocycles. The number of nitrogens with zero attached hydrogens (tertiary/aromatic N) is 1. The topological polar surface area (TPSA) is 49.7 Å². The summed E-state index contributed by atoms with van der Waals surface area (Å²) in [6, 6.07) is 4.37. The van der Waals surface area contributed by atoms with E-state index >= 15 is 0 Å². The lowest BCUT2D eigenvalue weighted by atomic mass is 10.0. The van der Waals surface area contributed by atoms with E-state index in [0.717, 1.165) is 0 Å². The van der Waals surface area contributed by atoms with Gasteiger partial charge in [-0.1, -0.05) is 6.07 Å². The molecule has 0 saturated heterocycles. The van der Waals surface area contributed by atoms with Crippen molar-refractivity contribution >= 4 is 6.08 Å². The Morgan fingerprint density at radius 2 is 2.27 bits per heavy atom. The Kier molecular flexibility index (Phi) is 2.39. The van der Waals surface area contributed by atoms with Gasteiger partial charge in [0.25, 0.3) is 0 Å². The second-order valence-electron chi connectivity index (χ2n) is 3.71. The number of benzene rings is 1. The Hall–Kier alpha value is -1.51. The number of isocyanates is 1. The molecule has 3 nitrogen and oxygen atoms in total. The van der Waals surface area contributed by atoms with Gasteiger partial charge >= 0.3 is 0 Å². The van der Waals surface area contributed by atoms with Gasteiger partial charge in [0.05, 0.1) is 6.61 Å². The highest BCUT2D eigenvalue weighted by atomic mass is 19.1. The van der Waals surface area contributed by atoms with E-state index in [4.69, 9.17) is 5.11 Å². The molecule has 4 heteroatoms. The molecule has 2 rings (SSSR count). The Balaban J connectivity index is 2.47. The van der Waals surface area contributed by atoms with Gasteiger partial charge in [0.15, 0.2) is 0 Å². The molecule has 0 unspecified atom stereocenters. The van der Waals surface area contributed by atoms with E-state index in [9.17, 15) is 9.18 Å². The molecule has 15 heavy (non-hydrogen) atoms. The molecule has 0 heterocycles. The first-order chi connectivity index (χ1) is 7.22. The third kappa shape index (κ3) is 1.69. The fraction of sp³-hybridized carbons (Fsp3) is 0.364. The Morgan fingerprint density at radius 3 is 2.80 bits per heavy atom. The fourth-order valence-corrected chi connectivity index (χ4v) is 1.67. The monoisotopic (exact) mass is 207 g/mol. The molecule has 1 aromatic carbocycles. The highest BCUT2D eigenvalue weighted by Gasteiger charge is 2.46. The van der Waals surface area contributed by atoms with Gasteiger partial charge in [-0.3, -0.25) is 0 Å². The molecule has 0 amide bonds. The molecule has 0 spiro atoms. The van der Waals surface area contributed by atoms with Crippen LogP contribution in [0.2, 0.25) is 0 Å². The summed E-state index contributed by atoms with van der Waals surface area (Å²) in [4.78, 5) is 13.9. The summed E-state index contributed by atoms with van der Waals surface area (Å²) >= 11 is 0. The number of halogens is 1. The van der Waals surface area contributed by atoms with E-state index in [-0.39, 0.29) is 12.4 Å². The van der Waals surface area contributed by atoms with Crippen LogP contribution in [-0.2, 0) is 16.9 Å². The Labute approximate surface area is 86.3 Å². The predicted octanol–water partition coefficient (Wildman–Crippen LogP) is 1.64. The molecule has 0 bridgehead atoms. The van der Waals surface area contributed by atoms with Gasteiger partial charge in [-0.05, 0) is 30.5 Å². The molecular formula is C11H10FNO2. The molecule has 1 aliphatic carbocycles. The van der Waals surface area contributed by atoms with E-state index in [2.05, 4.69) is 4.99 Å². The van der Waals surface area contributed by atoms with Crippen LogP contribution in [0.4, 0.5) is 4.39 Å². The minimum Gasteiger partial charge on any atom is -0.392 e. The highest BCUT2D eigenvalue weighted by molar-refractivity contribution is 5.42. The van der Waals surface area contributed by atoms with Gasteiger partial charge in [-0.2, -0.15) is 4.99 Å². The first-order valence-electron chi connectivity index (χ1n) is 4.71. The molecular weight excluding hydrogens is 197 g/mol. The van der Waals surface area contributed by atoms with Gasteiger partial charge in [-0.25, -0.2) is 9.18 Å². The van der Waals surface area contributed by atoms with Crippen molar-refractivity contribution in [3.05, 3.63) is 35.1 Å². The van der Waals surface area contributed by atoms with Crippen molar-refractivity contribution in [3.63, 3.8) is 0 Å². The molecule has 0 radical (unpaired) electrons. The van der Waals surface area contributed by atoms with Crippen molar-refractivity contribution in [2.75, 3.05) is 0 Å². The summed E-state index contributed by atoms with van der Waals surface area (Å²) in [5.41, 5.74) is 0.299. The van der Waals surface area contributed by atoms with Crippen LogP contribution in [0.5, 0.6) is 0 Å². The first kappa shape index (κ1) is 10.0. The smallest absolute Gasteiger partial charge is 0.235 e. The zero-order valence-electron chi connectivity index (χ0n) is 8.03. The third-order valence-electron chi connectivity index (χ3n) is 2.70. The molecule has 1 N–H and O–H groups in total. The molecule has 1 aliphatic rings. The number of aliphatic hydroxyl groups excluding tert-OH is 1. The van der Waals surface area contributed by atoms with E-state index in [1.165, 1.54) is 18.2 Å². The number of rotatable bonds is 3. The average molecular weight is 207 g/mol. The van der Waals surface area contributed by atoms with Gasteiger partial charge < -0.3 is 5.11 Å². The third-order valence-corrected chi connectivity index (χ3v) is 2.70. The van der Waals surface area contributed by atoms with Crippen molar-refractivity contribution in [1.82, 2.24) is 0 Å². The van der Waals surface area contributed by atoms with Crippen molar-refractivity contribution < 1.29 is 14.3 Å². The van der Waals surface area contributed by atoms with Crippen LogP contribution in [0, 0.1) is 5.82 Å². The van der Waals surface area contributed by atoms with E-state index in [1.807, 2.05) is 0 Å². The number of aliphatic hydroxyl groups is 1. The van der Waals surface area contributed by atoms with Crippen LogP contribution in [0.15, 0.2) is 23.2 Å². The number of hydrogen-bond acceptors (Lipinski definition) is 3. The lowest BCUT2D eigenvalue weighted by Gasteiger charge is -2.10. The van der Waals surface area contributed by atoms with E-state index < -0.39 is 5.54 Å². The van der Waals surface area contributed by atoms with E-state index in [0.29, 0.717) is 24.0 Å². The van der Waals surface area contributed by atoms with Crippen LogP contribution >= 0.6 is 0 Å². The van der Waals surface area contributed by atoms with Crippen LogP contribution in [-0.4, -0.2) is 11.2 Å². The lowest BCUT2D eigenvalue weighted by Crippen LogP contribution is -2.06. The largest absolute Gasteiger partial charge is 0.392 e. The fourth-order valence-electron chi connectivity index (χ4n) is 1.67. The van der Waals surface area contributed by atoms with E-state index in [1.54, 1.807) is 6.07 Å². The van der Waals surface area contributed by atoms with Crippen LogP contribution in [0.25, 0.3) is 0 Å². The van der Waals surface area contributed by atoms with Crippen molar-refractivity contribution in [3.8, 4) is 0 Å². The first-order valence-corrected chi connectivity index (χ1v) is 4.71. The van der Waals surface area contributed by atoms with Crippen molar-refractivity contribution in [2.45, 2.75) is 25.0 Å². The predicted molar refractivity (Wildman–Crippen MR) is 51.4 cm³/mol. The van der Waals surface area contributed by atoms with Crippen molar-refractivity contribution in [2.24, 2.45) is 4.99 Å². The summed E-state index contributed by atoms with van der Waals surface area (Å²) in [6.07, 6.45) is 2.80. The summed E-state index contributed by atoms with van der Waals surface area (Å²) < 4.78 is 13.5. The van der Waals surface area contributed by atoms with Gasteiger partial charge in [0.2, 0.25) is 6.08 Å². The molecule has 0 aliphatic heterocycles. The quantitative estimate of drug-likeness (QED) is 0.605. The standard InChI is InChI=1S/C11H10FNO2/c12-10-2-1-8(6-14)5-9(10)11(3-4-11)13-7-15/h1-2,5,14H,3-4,6H2. The summed E-state index contributed by atoms with van der Waals surface area (Å²) in [7, 11) is 0. The average Bonchev–Trinajstić information content (AvgIpc) is 3.00. The van der Waals surface area contributed by atoms with Crippen molar-refractivity contribution in [1.29, 1.82) is 0 Å². The van der Waals surface area contributed by atoms with Crippen LogP contribution in [0.3, 0.4) is 0 Å². The maximum atomic E-state index is 13.5. The lowest BCUT2D eigenvalue weighted by molar-refractivity contribution is 0.281. The maximum Gasteiger partial charge on any atom is 0.235 e. The Bertz CT molecular complexity index is 434. The molecule has 1 fully saturated rings. The SMILES string of the molecule is O=C=NC1(c2cc(CO)ccc2F)CC1. The number of carbonyl (C=O) groups excluding carboxylic acids is 1. The number of aliphatic imine (C=N–C) groups is 1. The second-order valence-corrected chi connectivity index (χ2v) is 3.71. The van der Waals surface area contributed by atoms with Crippen LogP contribution in [0.1, 0.15) is 24.0 Å². The minimum absolute atomic E-state index is 0.145. The van der Waals surface area contributed by atoms with Gasteiger partial charge in [-0.15, -0.1) is 0 Å². The van der Waals surface area contributed by atoms with Crippen LogP contribution < -0.4 is 0 Å². The van der Waals surface area contributed by atoms with Gasteiger partial charge in [0, 0.05) is 5.56 Å². The summed E-state index contributed by atoms with van der Waals surface area (Å²) in [5, 5.41) is 8.94. The number of hydrogen-bond donors (Lipinski definition) is 1.